The van der Waals surface area contributed by atoms with Crippen molar-refractivity contribution in [2.45, 2.75) is 39.9 Å². The summed E-state index contributed by atoms with van der Waals surface area (Å²) >= 11 is 0. The third-order valence-corrected chi connectivity index (χ3v) is 5.10. The van der Waals surface area contributed by atoms with Crippen LogP contribution in [0.1, 0.15) is 33.3 Å². The predicted molar refractivity (Wildman–Crippen MR) is 130 cm³/mol. The van der Waals surface area contributed by atoms with Crippen LogP contribution in [-0.4, -0.2) is 56.3 Å². The van der Waals surface area contributed by atoms with Gasteiger partial charge in [0.05, 0.1) is 45.2 Å². The fourth-order valence-corrected chi connectivity index (χ4v) is 3.57. The Morgan fingerprint density at radius 2 is 1.53 bits per heavy atom. The number of rotatable bonds is 11. The molecule has 0 atom stereocenters. The molecule has 0 saturated heterocycles. The van der Waals surface area contributed by atoms with Crippen molar-refractivity contribution in [1.82, 2.24) is 4.90 Å². The Labute approximate surface area is 200 Å². The molecule has 2 aromatic carbocycles. The third-order valence-electron chi connectivity index (χ3n) is 5.10. The highest BCUT2D eigenvalue weighted by molar-refractivity contribution is 6.36. The van der Waals surface area contributed by atoms with E-state index in [2.05, 4.69) is 5.32 Å². The first-order valence-electron chi connectivity index (χ1n) is 11.2. The summed E-state index contributed by atoms with van der Waals surface area (Å²) in [5, 5.41) is 3.13. The number of amides is 2. The number of nitrogens with one attached hydrogen (secondary N) is 1. The molecule has 0 bridgehead atoms. The van der Waals surface area contributed by atoms with Crippen LogP contribution in [0.15, 0.2) is 48.2 Å². The second-order valence-corrected chi connectivity index (χ2v) is 8.32. The number of benzene rings is 2. The molecule has 2 aromatic rings. The van der Waals surface area contributed by atoms with E-state index in [-0.39, 0.29) is 37.0 Å². The Morgan fingerprint density at radius 1 is 0.853 bits per heavy atom. The van der Waals surface area contributed by atoms with Gasteiger partial charge in [-0.3, -0.25) is 14.5 Å². The van der Waals surface area contributed by atoms with Gasteiger partial charge < -0.3 is 24.3 Å². The number of hydrogen-bond acceptors (Lipinski definition) is 7. The quantitative estimate of drug-likeness (QED) is 0.497. The molecule has 8 nitrogen and oxygen atoms in total. The minimum absolute atomic E-state index is 0.00176. The van der Waals surface area contributed by atoms with Gasteiger partial charge >= 0.3 is 0 Å². The summed E-state index contributed by atoms with van der Waals surface area (Å²) in [6.07, 6.45) is 0.0246. The Morgan fingerprint density at radius 3 is 2.12 bits per heavy atom. The van der Waals surface area contributed by atoms with Crippen molar-refractivity contribution in [1.29, 1.82) is 0 Å². The topological polar surface area (TPSA) is 86.3 Å². The molecule has 0 fully saturated rings. The van der Waals surface area contributed by atoms with Crippen LogP contribution in [0.3, 0.4) is 0 Å². The second kappa shape index (κ2) is 11.1. The molecule has 34 heavy (non-hydrogen) atoms. The minimum atomic E-state index is -0.412. The molecule has 182 valence electrons. The number of anilines is 1. The largest absolute Gasteiger partial charge is 0.493 e. The number of methoxy groups -OCH3 is 2. The lowest BCUT2D eigenvalue weighted by molar-refractivity contribution is -0.137. The van der Waals surface area contributed by atoms with E-state index in [1.165, 1.54) is 12.0 Å². The molecular formula is C26H32N2O6. The number of hydrogen-bond donors (Lipinski definition) is 1. The van der Waals surface area contributed by atoms with Crippen LogP contribution in [0.4, 0.5) is 5.69 Å². The second-order valence-electron chi connectivity index (χ2n) is 8.32. The Kier molecular flexibility index (Phi) is 8.17. The lowest BCUT2D eigenvalue weighted by atomic mass is 10.0. The maximum atomic E-state index is 13.4. The van der Waals surface area contributed by atoms with Gasteiger partial charge in [-0.1, -0.05) is 12.1 Å². The standard InChI is InChI=1S/C26H32N2O6/c1-16(2)33-14-13-28-25(29)23(18-7-10-20(11-8-18)34-17(3)4)24(26(28)30)27-19-9-12-21(31-5)22(15-19)32-6/h7-12,15-17,27H,13-14H2,1-6H3. The van der Waals surface area contributed by atoms with Crippen LogP contribution in [-0.2, 0) is 14.3 Å². The highest BCUT2D eigenvalue weighted by atomic mass is 16.5. The van der Waals surface area contributed by atoms with E-state index in [4.69, 9.17) is 18.9 Å². The first-order chi connectivity index (χ1) is 16.2. The molecule has 1 aliphatic heterocycles. The molecular weight excluding hydrogens is 436 g/mol. The molecule has 1 N–H and O–H groups in total. The zero-order chi connectivity index (χ0) is 24.8. The fraction of sp³-hybridized carbons (Fsp3) is 0.385. The molecule has 0 spiro atoms. The smallest absolute Gasteiger partial charge is 0.278 e. The SMILES string of the molecule is COc1ccc(NC2=C(c3ccc(OC(C)C)cc3)C(=O)N(CCOC(C)C)C2=O)cc1OC. The van der Waals surface area contributed by atoms with E-state index in [0.717, 1.165) is 0 Å². The molecule has 0 aliphatic carbocycles. The molecule has 0 aromatic heterocycles. The van der Waals surface area contributed by atoms with Gasteiger partial charge in [-0.25, -0.2) is 0 Å². The van der Waals surface area contributed by atoms with E-state index in [1.807, 2.05) is 27.7 Å². The van der Waals surface area contributed by atoms with E-state index in [1.54, 1.807) is 49.6 Å². The lowest BCUT2D eigenvalue weighted by Crippen LogP contribution is -2.35. The molecule has 1 heterocycles. The summed E-state index contributed by atoms with van der Waals surface area (Å²) in [5.74, 6) is 0.961. The summed E-state index contributed by atoms with van der Waals surface area (Å²) in [6, 6.07) is 12.3. The maximum Gasteiger partial charge on any atom is 0.278 e. The molecule has 0 unspecified atom stereocenters. The average Bonchev–Trinajstić information content (AvgIpc) is 3.03. The Hall–Kier alpha value is -3.52. The maximum absolute atomic E-state index is 13.4. The van der Waals surface area contributed by atoms with Gasteiger partial charge in [0.25, 0.3) is 11.8 Å². The zero-order valence-corrected chi connectivity index (χ0v) is 20.5. The van der Waals surface area contributed by atoms with Crippen LogP contribution >= 0.6 is 0 Å². The molecule has 2 amide bonds. The Balaban J connectivity index is 1.97. The zero-order valence-electron chi connectivity index (χ0n) is 20.5. The first-order valence-corrected chi connectivity index (χ1v) is 11.2. The van der Waals surface area contributed by atoms with Gasteiger partial charge in [0, 0.05) is 11.8 Å². The van der Waals surface area contributed by atoms with Gasteiger partial charge in [-0.05, 0) is 57.5 Å². The number of ether oxygens (including phenoxy) is 4. The third kappa shape index (κ3) is 5.69. The summed E-state index contributed by atoms with van der Waals surface area (Å²) in [6.45, 7) is 8.11. The van der Waals surface area contributed by atoms with Crippen LogP contribution < -0.4 is 19.5 Å². The van der Waals surface area contributed by atoms with E-state index < -0.39 is 5.91 Å². The van der Waals surface area contributed by atoms with Crippen molar-refractivity contribution in [3.05, 3.63) is 53.7 Å². The van der Waals surface area contributed by atoms with Gasteiger partial charge in [0.2, 0.25) is 0 Å². The van der Waals surface area contributed by atoms with Crippen molar-refractivity contribution in [2.24, 2.45) is 0 Å². The molecule has 0 saturated carbocycles. The summed E-state index contributed by atoms with van der Waals surface area (Å²) in [5.41, 5.74) is 1.69. The Bertz CT molecular complexity index is 1060. The van der Waals surface area contributed by atoms with Crippen LogP contribution in [0, 0.1) is 0 Å². The molecule has 8 heteroatoms. The summed E-state index contributed by atoms with van der Waals surface area (Å²) in [7, 11) is 3.09. The van der Waals surface area contributed by atoms with Crippen molar-refractivity contribution in [3.8, 4) is 17.2 Å². The number of imide groups is 1. The first kappa shape index (κ1) is 25.1. The highest BCUT2D eigenvalue weighted by Gasteiger charge is 2.39. The highest BCUT2D eigenvalue weighted by Crippen LogP contribution is 2.34. The van der Waals surface area contributed by atoms with Gasteiger partial charge in [-0.2, -0.15) is 0 Å². The average molecular weight is 469 g/mol. The summed E-state index contributed by atoms with van der Waals surface area (Å²) < 4.78 is 21.9. The monoisotopic (exact) mass is 468 g/mol. The van der Waals surface area contributed by atoms with Crippen molar-refractivity contribution in [3.63, 3.8) is 0 Å². The number of carbonyl (C=O) groups is 2. The molecule has 1 aliphatic rings. The van der Waals surface area contributed by atoms with E-state index in [9.17, 15) is 9.59 Å². The van der Waals surface area contributed by atoms with Crippen molar-refractivity contribution < 1.29 is 28.5 Å². The van der Waals surface area contributed by atoms with Crippen molar-refractivity contribution >= 4 is 23.1 Å². The molecule has 3 rings (SSSR count). The fourth-order valence-electron chi connectivity index (χ4n) is 3.57. The normalized spacial score (nSPS) is 13.8. The molecule has 0 radical (unpaired) electrons. The van der Waals surface area contributed by atoms with Crippen LogP contribution in [0.2, 0.25) is 0 Å². The van der Waals surface area contributed by atoms with Gasteiger partial charge in [0.15, 0.2) is 11.5 Å². The van der Waals surface area contributed by atoms with Gasteiger partial charge in [0.1, 0.15) is 11.4 Å². The van der Waals surface area contributed by atoms with E-state index >= 15 is 0 Å². The summed E-state index contributed by atoms with van der Waals surface area (Å²) in [4.78, 5) is 27.9. The van der Waals surface area contributed by atoms with Gasteiger partial charge in [-0.15, -0.1) is 0 Å². The van der Waals surface area contributed by atoms with Crippen LogP contribution in [0.5, 0.6) is 17.2 Å². The number of carbonyl (C=O) groups excluding carboxylic acids is 2. The predicted octanol–water partition coefficient (Wildman–Crippen LogP) is 4.11. The lowest BCUT2D eigenvalue weighted by Gasteiger charge is -2.16. The van der Waals surface area contributed by atoms with E-state index in [0.29, 0.717) is 34.1 Å². The van der Waals surface area contributed by atoms with Crippen LogP contribution in [0.25, 0.3) is 5.57 Å². The number of nitrogens with zero attached hydrogens (tertiary/aromatic N) is 1. The van der Waals surface area contributed by atoms with Crippen molar-refractivity contribution in [2.75, 3.05) is 32.7 Å². The minimum Gasteiger partial charge on any atom is -0.493 e.